The number of carbonyl (C=O) groups excluding carboxylic acids is 1. The summed E-state index contributed by atoms with van der Waals surface area (Å²) in [5, 5.41) is 2.80. The standard InChI is InChI=1S/C19H26N2O5S2/c1-4-25-17-9-7-16(8-10-17)21(28(3,23)24)15(2)19(22)20-11-13-27-14-18-6-5-12-26-18/h5-10,12,15H,4,11,13-14H2,1-3H3,(H,20,22)/t15-/m0/s1. The number of hydrogen-bond acceptors (Lipinski definition) is 6. The number of benzene rings is 1. The number of thioether (sulfide) groups is 1. The molecule has 1 N–H and O–H groups in total. The average Bonchev–Trinajstić information content (AvgIpc) is 3.15. The van der Waals surface area contributed by atoms with E-state index in [1.807, 2.05) is 19.1 Å². The third kappa shape index (κ3) is 6.49. The van der Waals surface area contributed by atoms with Gasteiger partial charge in [0.15, 0.2) is 0 Å². The van der Waals surface area contributed by atoms with E-state index in [-0.39, 0.29) is 5.91 Å². The van der Waals surface area contributed by atoms with E-state index in [4.69, 9.17) is 9.15 Å². The minimum absolute atomic E-state index is 0.349. The van der Waals surface area contributed by atoms with Gasteiger partial charge in [-0.1, -0.05) is 0 Å². The summed E-state index contributed by atoms with van der Waals surface area (Å²) in [6.07, 6.45) is 2.71. The average molecular weight is 427 g/mol. The van der Waals surface area contributed by atoms with Gasteiger partial charge in [0.05, 0.1) is 30.6 Å². The summed E-state index contributed by atoms with van der Waals surface area (Å²) in [5.41, 5.74) is 0.417. The Labute approximate surface area is 170 Å². The molecule has 1 amide bonds. The van der Waals surface area contributed by atoms with Gasteiger partial charge in [0.1, 0.15) is 17.6 Å². The number of carbonyl (C=O) groups is 1. The topological polar surface area (TPSA) is 88.8 Å². The quantitative estimate of drug-likeness (QED) is 0.556. The van der Waals surface area contributed by atoms with Gasteiger partial charge in [-0.3, -0.25) is 9.10 Å². The van der Waals surface area contributed by atoms with Crippen LogP contribution in [0.15, 0.2) is 47.1 Å². The molecule has 0 bridgehead atoms. The number of sulfonamides is 1. The molecule has 28 heavy (non-hydrogen) atoms. The zero-order valence-electron chi connectivity index (χ0n) is 16.3. The molecule has 1 atom stereocenters. The maximum Gasteiger partial charge on any atom is 0.243 e. The van der Waals surface area contributed by atoms with E-state index in [1.165, 1.54) is 0 Å². The number of anilines is 1. The van der Waals surface area contributed by atoms with E-state index in [9.17, 15) is 13.2 Å². The lowest BCUT2D eigenvalue weighted by molar-refractivity contribution is -0.121. The van der Waals surface area contributed by atoms with Crippen molar-refractivity contribution in [2.24, 2.45) is 0 Å². The molecule has 0 saturated heterocycles. The fourth-order valence-corrected chi connectivity index (χ4v) is 4.56. The van der Waals surface area contributed by atoms with Gasteiger partial charge in [-0.05, 0) is 50.2 Å². The third-order valence-electron chi connectivity index (χ3n) is 3.86. The van der Waals surface area contributed by atoms with E-state index in [0.717, 1.165) is 22.1 Å². The molecule has 0 aliphatic rings. The van der Waals surface area contributed by atoms with Gasteiger partial charge >= 0.3 is 0 Å². The molecule has 7 nitrogen and oxygen atoms in total. The molecule has 0 spiro atoms. The van der Waals surface area contributed by atoms with Gasteiger partial charge in [0.25, 0.3) is 0 Å². The first-order valence-corrected chi connectivity index (χ1v) is 11.9. The fourth-order valence-electron chi connectivity index (χ4n) is 2.63. The monoisotopic (exact) mass is 426 g/mol. The van der Waals surface area contributed by atoms with Crippen molar-refractivity contribution in [1.82, 2.24) is 5.32 Å². The first-order chi connectivity index (χ1) is 13.3. The second-order valence-electron chi connectivity index (χ2n) is 6.08. The number of rotatable bonds is 11. The molecule has 0 radical (unpaired) electrons. The molecule has 0 unspecified atom stereocenters. The summed E-state index contributed by atoms with van der Waals surface area (Å²) < 4.78 is 36.3. The first kappa shape index (κ1) is 22.2. The van der Waals surface area contributed by atoms with Crippen LogP contribution in [0.3, 0.4) is 0 Å². The van der Waals surface area contributed by atoms with Crippen molar-refractivity contribution in [3.63, 3.8) is 0 Å². The maximum atomic E-state index is 12.5. The van der Waals surface area contributed by atoms with Crippen LogP contribution in [0.4, 0.5) is 5.69 Å². The molecule has 154 valence electrons. The lowest BCUT2D eigenvalue weighted by Crippen LogP contribution is -2.48. The fraction of sp³-hybridized carbons (Fsp3) is 0.421. The zero-order valence-corrected chi connectivity index (χ0v) is 17.9. The Bertz CT molecular complexity index is 836. The third-order valence-corrected chi connectivity index (χ3v) is 6.08. The van der Waals surface area contributed by atoms with Crippen LogP contribution in [0.2, 0.25) is 0 Å². The number of hydrogen-bond donors (Lipinski definition) is 1. The number of nitrogens with zero attached hydrogens (tertiary/aromatic N) is 1. The maximum absolute atomic E-state index is 12.5. The molecule has 0 aliphatic heterocycles. The van der Waals surface area contributed by atoms with Crippen molar-refractivity contribution in [1.29, 1.82) is 0 Å². The highest BCUT2D eigenvalue weighted by Gasteiger charge is 2.28. The van der Waals surface area contributed by atoms with E-state index in [0.29, 0.717) is 30.3 Å². The molecule has 2 aromatic rings. The van der Waals surface area contributed by atoms with Crippen LogP contribution in [-0.2, 0) is 20.6 Å². The highest BCUT2D eigenvalue weighted by atomic mass is 32.2. The van der Waals surface area contributed by atoms with Crippen molar-refractivity contribution in [3.8, 4) is 5.75 Å². The second-order valence-corrected chi connectivity index (χ2v) is 9.05. The van der Waals surface area contributed by atoms with Crippen LogP contribution in [-0.4, -0.2) is 45.5 Å². The summed E-state index contributed by atoms with van der Waals surface area (Å²) in [7, 11) is -3.64. The molecular formula is C19H26N2O5S2. The lowest BCUT2D eigenvalue weighted by Gasteiger charge is -2.28. The zero-order chi connectivity index (χ0) is 20.6. The Morgan fingerprint density at radius 2 is 2.00 bits per heavy atom. The van der Waals surface area contributed by atoms with Crippen LogP contribution in [0, 0.1) is 0 Å². The second kappa shape index (κ2) is 10.4. The first-order valence-electron chi connectivity index (χ1n) is 8.93. The lowest BCUT2D eigenvalue weighted by atomic mass is 10.2. The van der Waals surface area contributed by atoms with Gasteiger partial charge in [-0.25, -0.2) is 8.42 Å². The Hall–Kier alpha value is -2.13. The van der Waals surface area contributed by atoms with Crippen LogP contribution in [0.25, 0.3) is 0 Å². The van der Waals surface area contributed by atoms with E-state index >= 15 is 0 Å². The highest BCUT2D eigenvalue weighted by Crippen LogP contribution is 2.24. The largest absolute Gasteiger partial charge is 0.494 e. The number of nitrogens with one attached hydrogen (secondary N) is 1. The van der Waals surface area contributed by atoms with Gasteiger partial charge in [-0.2, -0.15) is 11.8 Å². The summed E-state index contributed by atoms with van der Waals surface area (Å²) in [6.45, 7) is 4.40. The van der Waals surface area contributed by atoms with Crippen LogP contribution in [0.5, 0.6) is 5.75 Å². The van der Waals surface area contributed by atoms with Crippen molar-refractivity contribution in [2.45, 2.75) is 25.6 Å². The molecule has 2 rings (SSSR count). The molecule has 0 saturated carbocycles. The number of amides is 1. The predicted octanol–water partition coefficient (Wildman–Crippen LogP) is 2.88. The van der Waals surface area contributed by atoms with E-state index < -0.39 is 16.1 Å². The molecule has 9 heteroatoms. The van der Waals surface area contributed by atoms with Gasteiger partial charge < -0.3 is 14.5 Å². The Morgan fingerprint density at radius 3 is 2.57 bits per heavy atom. The van der Waals surface area contributed by atoms with Crippen molar-refractivity contribution in [2.75, 3.05) is 29.5 Å². The Kier molecular flexibility index (Phi) is 8.25. The van der Waals surface area contributed by atoms with Crippen LogP contribution >= 0.6 is 11.8 Å². The van der Waals surface area contributed by atoms with Gasteiger partial charge in [0, 0.05) is 12.3 Å². The molecule has 1 aromatic heterocycles. The normalized spacial score (nSPS) is 12.4. The molecule has 1 aromatic carbocycles. The van der Waals surface area contributed by atoms with Gasteiger partial charge in [0.2, 0.25) is 15.9 Å². The van der Waals surface area contributed by atoms with Crippen molar-refractivity contribution < 1.29 is 22.4 Å². The van der Waals surface area contributed by atoms with E-state index in [2.05, 4.69) is 5.32 Å². The summed E-state index contributed by atoms with van der Waals surface area (Å²) in [5.74, 6) is 2.59. The Balaban J connectivity index is 1.93. The van der Waals surface area contributed by atoms with E-state index in [1.54, 1.807) is 49.2 Å². The highest BCUT2D eigenvalue weighted by molar-refractivity contribution is 7.98. The SMILES string of the molecule is CCOc1ccc(N([C@@H](C)C(=O)NCCSCc2ccco2)S(C)(=O)=O)cc1. The minimum Gasteiger partial charge on any atom is -0.494 e. The summed E-state index contributed by atoms with van der Waals surface area (Å²) >= 11 is 1.63. The summed E-state index contributed by atoms with van der Waals surface area (Å²) in [6, 6.07) is 9.50. The molecule has 0 fully saturated rings. The van der Waals surface area contributed by atoms with Crippen molar-refractivity contribution >= 4 is 33.4 Å². The Morgan fingerprint density at radius 1 is 1.29 bits per heavy atom. The summed E-state index contributed by atoms with van der Waals surface area (Å²) in [4.78, 5) is 12.5. The molecule has 0 aliphatic carbocycles. The number of ether oxygens (including phenoxy) is 1. The predicted molar refractivity (Wildman–Crippen MR) is 112 cm³/mol. The number of furan rings is 1. The van der Waals surface area contributed by atoms with Crippen LogP contribution < -0.4 is 14.4 Å². The van der Waals surface area contributed by atoms with Crippen LogP contribution in [0.1, 0.15) is 19.6 Å². The molecular weight excluding hydrogens is 400 g/mol. The van der Waals surface area contributed by atoms with Gasteiger partial charge in [-0.15, -0.1) is 0 Å². The van der Waals surface area contributed by atoms with Crippen molar-refractivity contribution in [3.05, 3.63) is 48.4 Å². The smallest absolute Gasteiger partial charge is 0.243 e. The minimum atomic E-state index is -3.64. The molecule has 1 heterocycles.